The highest BCUT2D eigenvalue weighted by atomic mass is 35.5. The van der Waals surface area contributed by atoms with Crippen LogP contribution in [0, 0.1) is 0 Å². The molecule has 26 heavy (non-hydrogen) atoms. The third-order valence-electron chi connectivity index (χ3n) is 4.42. The van der Waals surface area contributed by atoms with Crippen molar-refractivity contribution >= 4 is 47.6 Å². The van der Waals surface area contributed by atoms with E-state index in [4.69, 9.17) is 23.2 Å². The number of nitrogens with zero attached hydrogens (tertiary/aromatic N) is 1. The van der Waals surface area contributed by atoms with Crippen LogP contribution in [0.15, 0.2) is 47.4 Å². The smallest absolute Gasteiger partial charge is 0.254 e. The van der Waals surface area contributed by atoms with Crippen molar-refractivity contribution in [3.63, 3.8) is 0 Å². The van der Waals surface area contributed by atoms with E-state index < -0.39 is 0 Å². The summed E-state index contributed by atoms with van der Waals surface area (Å²) in [5.41, 5.74) is 0.964. The second-order valence-electron chi connectivity index (χ2n) is 6.18. The second kappa shape index (κ2) is 8.33. The maximum atomic E-state index is 12.6. The predicted octanol–water partition coefficient (Wildman–Crippen LogP) is 4.32. The quantitative estimate of drug-likeness (QED) is 0.742. The van der Waals surface area contributed by atoms with Gasteiger partial charge in [-0.2, -0.15) is 0 Å². The van der Waals surface area contributed by atoms with Crippen LogP contribution in [0.25, 0.3) is 0 Å². The molecular formula is C19H18Cl2N2O2S. The molecule has 1 aliphatic rings. The van der Waals surface area contributed by atoms with Crippen molar-refractivity contribution in [2.75, 3.05) is 13.1 Å². The van der Waals surface area contributed by atoms with Crippen molar-refractivity contribution in [3.8, 4) is 0 Å². The Balaban J connectivity index is 1.59. The molecule has 1 fully saturated rings. The Labute approximate surface area is 167 Å². The van der Waals surface area contributed by atoms with Gasteiger partial charge in [0.25, 0.3) is 11.8 Å². The van der Waals surface area contributed by atoms with E-state index in [1.807, 2.05) is 12.1 Å². The first-order valence-electron chi connectivity index (χ1n) is 8.29. The molecule has 0 bridgehead atoms. The Morgan fingerprint density at radius 1 is 1.04 bits per heavy atom. The molecule has 0 radical (unpaired) electrons. The number of carbonyl (C=O) groups is 2. The van der Waals surface area contributed by atoms with Gasteiger partial charge in [0, 0.05) is 29.0 Å². The molecule has 1 heterocycles. The van der Waals surface area contributed by atoms with Crippen LogP contribution in [0.4, 0.5) is 0 Å². The van der Waals surface area contributed by atoms with Crippen molar-refractivity contribution in [2.45, 2.75) is 23.8 Å². The minimum atomic E-state index is -0.247. The monoisotopic (exact) mass is 408 g/mol. The largest absolute Gasteiger partial charge is 0.349 e. The molecule has 2 aromatic rings. The van der Waals surface area contributed by atoms with E-state index >= 15 is 0 Å². The standard InChI is InChI=1S/C19H18Cl2N2O2S/c20-12-5-6-16(21)15(11-12)18(24)22-13-7-9-23(10-8-13)19(25)14-3-1-2-4-17(14)26/h1-6,11,13,26H,7-10H2,(H,22,24). The summed E-state index contributed by atoms with van der Waals surface area (Å²) in [5.74, 6) is -0.277. The van der Waals surface area contributed by atoms with E-state index in [1.165, 1.54) is 0 Å². The number of rotatable bonds is 3. The number of halogens is 2. The zero-order valence-corrected chi connectivity index (χ0v) is 16.3. The van der Waals surface area contributed by atoms with Crippen LogP contribution in [-0.4, -0.2) is 35.8 Å². The van der Waals surface area contributed by atoms with Crippen LogP contribution in [-0.2, 0) is 0 Å². The fourth-order valence-electron chi connectivity index (χ4n) is 2.99. The molecule has 0 unspecified atom stereocenters. The normalized spacial score (nSPS) is 15.0. The third-order valence-corrected chi connectivity index (χ3v) is 5.38. The Morgan fingerprint density at radius 2 is 1.73 bits per heavy atom. The Kier molecular flexibility index (Phi) is 6.12. The van der Waals surface area contributed by atoms with Gasteiger partial charge in [-0.15, -0.1) is 12.6 Å². The van der Waals surface area contributed by atoms with Crippen LogP contribution < -0.4 is 5.32 Å². The van der Waals surface area contributed by atoms with E-state index in [0.29, 0.717) is 52.0 Å². The van der Waals surface area contributed by atoms with Gasteiger partial charge in [0.2, 0.25) is 0 Å². The van der Waals surface area contributed by atoms with E-state index in [9.17, 15) is 9.59 Å². The molecule has 0 aromatic heterocycles. The summed E-state index contributed by atoms with van der Waals surface area (Å²) < 4.78 is 0. The van der Waals surface area contributed by atoms with E-state index in [1.54, 1.807) is 35.2 Å². The summed E-state index contributed by atoms with van der Waals surface area (Å²) in [4.78, 5) is 27.5. The first-order valence-corrected chi connectivity index (χ1v) is 9.49. The topological polar surface area (TPSA) is 49.4 Å². The molecule has 0 saturated carbocycles. The summed E-state index contributed by atoms with van der Waals surface area (Å²) in [6.45, 7) is 1.16. The lowest BCUT2D eigenvalue weighted by molar-refractivity contribution is 0.0695. The summed E-state index contributed by atoms with van der Waals surface area (Å²) >= 11 is 16.4. The Bertz CT molecular complexity index is 836. The predicted molar refractivity (Wildman–Crippen MR) is 107 cm³/mol. The van der Waals surface area contributed by atoms with Crippen LogP contribution in [0.2, 0.25) is 10.0 Å². The Hall–Kier alpha value is -1.69. The number of carbonyl (C=O) groups excluding carboxylic acids is 2. The molecule has 1 saturated heterocycles. The maximum absolute atomic E-state index is 12.6. The van der Waals surface area contributed by atoms with Gasteiger partial charge in [0.15, 0.2) is 0 Å². The fraction of sp³-hybridized carbons (Fsp3) is 0.263. The van der Waals surface area contributed by atoms with E-state index in [2.05, 4.69) is 17.9 Å². The average Bonchev–Trinajstić information content (AvgIpc) is 2.64. The zero-order valence-electron chi connectivity index (χ0n) is 13.9. The molecule has 7 heteroatoms. The summed E-state index contributed by atoms with van der Waals surface area (Å²) in [5, 5.41) is 3.81. The van der Waals surface area contributed by atoms with Crippen LogP contribution in [0.3, 0.4) is 0 Å². The van der Waals surface area contributed by atoms with Crippen LogP contribution >= 0.6 is 35.8 Å². The number of nitrogens with one attached hydrogen (secondary N) is 1. The number of likely N-dealkylation sites (tertiary alicyclic amines) is 1. The van der Waals surface area contributed by atoms with Crippen molar-refractivity contribution in [1.82, 2.24) is 10.2 Å². The van der Waals surface area contributed by atoms with Gasteiger partial charge in [0.05, 0.1) is 16.1 Å². The maximum Gasteiger partial charge on any atom is 0.254 e. The summed E-state index contributed by atoms with van der Waals surface area (Å²) in [7, 11) is 0. The van der Waals surface area contributed by atoms with Crippen LogP contribution in [0.1, 0.15) is 33.6 Å². The van der Waals surface area contributed by atoms with Gasteiger partial charge in [-0.05, 0) is 43.2 Å². The first-order chi connectivity index (χ1) is 12.5. The van der Waals surface area contributed by atoms with Gasteiger partial charge >= 0.3 is 0 Å². The molecule has 1 aliphatic heterocycles. The first kappa shape index (κ1) is 19.1. The van der Waals surface area contributed by atoms with Crippen molar-refractivity contribution in [2.24, 2.45) is 0 Å². The highest BCUT2D eigenvalue weighted by molar-refractivity contribution is 7.80. The molecule has 0 atom stereocenters. The number of hydrogen-bond acceptors (Lipinski definition) is 3. The highest BCUT2D eigenvalue weighted by Crippen LogP contribution is 2.22. The Morgan fingerprint density at radius 3 is 2.42 bits per heavy atom. The van der Waals surface area contributed by atoms with Gasteiger partial charge < -0.3 is 10.2 Å². The number of benzene rings is 2. The summed E-state index contributed by atoms with van der Waals surface area (Å²) in [6, 6.07) is 12.1. The van der Waals surface area contributed by atoms with Gasteiger partial charge in [-0.1, -0.05) is 35.3 Å². The van der Waals surface area contributed by atoms with Crippen LogP contribution in [0.5, 0.6) is 0 Å². The van der Waals surface area contributed by atoms with E-state index in [0.717, 1.165) is 0 Å². The number of thiol groups is 1. The van der Waals surface area contributed by atoms with Crippen molar-refractivity contribution < 1.29 is 9.59 Å². The molecular weight excluding hydrogens is 391 g/mol. The van der Waals surface area contributed by atoms with E-state index in [-0.39, 0.29) is 17.9 Å². The van der Waals surface area contributed by atoms with Crippen molar-refractivity contribution in [1.29, 1.82) is 0 Å². The van der Waals surface area contributed by atoms with Gasteiger partial charge in [0.1, 0.15) is 0 Å². The lowest BCUT2D eigenvalue weighted by Crippen LogP contribution is -2.46. The third kappa shape index (κ3) is 4.34. The molecule has 0 aliphatic carbocycles. The number of piperidine rings is 1. The molecule has 2 aromatic carbocycles. The highest BCUT2D eigenvalue weighted by Gasteiger charge is 2.26. The lowest BCUT2D eigenvalue weighted by Gasteiger charge is -2.32. The molecule has 3 rings (SSSR count). The lowest BCUT2D eigenvalue weighted by atomic mass is 10.0. The SMILES string of the molecule is O=C(NC1CCN(C(=O)c2ccccc2S)CC1)c1cc(Cl)ccc1Cl. The second-order valence-corrected chi connectivity index (χ2v) is 7.51. The minimum absolute atomic E-state index is 0.00663. The summed E-state index contributed by atoms with van der Waals surface area (Å²) in [6.07, 6.45) is 1.37. The molecule has 136 valence electrons. The molecule has 1 N–H and O–H groups in total. The molecule has 4 nitrogen and oxygen atoms in total. The molecule has 0 spiro atoms. The zero-order chi connectivity index (χ0) is 18.7. The molecule has 2 amide bonds. The number of amides is 2. The average molecular weight is 409 g/mol. The fourth-order valence-corrected chi connectivity index (χ4v) is 3.62. The van der Waals surface area contributed by atoms with Crippen molar-refractivity contribution in [3.05, 3.63) is 63.6 Å². The van der Waals surface area contributed by atoms with Gasteiger partial charge in [-0.25, -0.2) is 0 Å². The minimum Gasteiger partial charge on any atom is -0.349 e. The number of hydrogen-bond donors (Lipinski definition) is 2. The van der Waals surface area contributed by atoms with Gasteiger partial charge in [-0.3, -0.25) is 9.59 Å².